The maximum absolute atomic E-state index is 12.9. The molecule has 2 heterocycles. The predicted molar refractivity (Wildman–Crippen MR) is 104 cm³/mol. The van der Waals surface area contributed by atoms with Crippen LogP contribution >= 0.6 is 11.3 Å². The maximum atomic E-state index is 12.9. The third-order valence-corrected chi connectivity index (χ3v) is 6.30. The topological polar surface area (TPSA) is 76.1 Å². The Bertz CT molecular complexity index is 733. The molecule has 26 heavy (non-hydrogen) atoms. The molecule has 0 spiro atoms. The molecule has 140 valence electrons. The number of methoxy groups -OCH3 is 1. The highest BCUT2D eigenvalue weighted by Crippen LogP contribution is 2.36. The summed E-state index contributed by atoms with van der Waals surface area (Å²) in [5.41, 5.74) is 0.407. The Hall–Kier alpha value is -1.83. The predicted octanol–water partition coefficient (Wildman–Crippen LogP) is 2.82. The van der Waals surface area contributed by atoms with Crippen LogP contribution in [0.5, 0.6) is 0 Å². The normalized spacial score (nSPS) is 17.0. The van der Waals surface area contributed by atoms with Crippen molar-refractivity contribution in [1.82, 2.24) is 15.5 Å². The number of anilines is 1. The van der Waals surface area contributed by atoms with Gasteiger partial charge in [-0.15, -0.1) is 10.2 Å². The van der Waals surface area contributed by atoms with Crippen molar-refractivity contribution >= 4 is 22.4 Å². The monoisotopic (exact) mass is 374 g/mol. The Labute approximate surface area is 158 Å². The van der Waals surface area contributed by atoms with Crippen LogP contribution in [0, 0.1) is 5.41 Å². The van der Waals surface area contributed by atoms with Gasteiger partial charge in [-0.2, -0.15) is 0 Å². The highest BCUT2D eigenvalue weighted by Gasteiger charge is 2.40. The molecule has 3 rings (SSSR count). The van der Waals surface area contributed by atoms with Crippen molar-refractivity contribution in [3.63, 3.8) is 0 Å². The molecule has 1 aliphatic rings. The van der Waals surface area contributed by atoms with Gasteiger partial charge in [0, 0.05) is 12.5 Å². The van der Waals surface area contributed by atoms with Crippen LogP contribution in [0.3, 0.4) is 0 Å². The minimum absolute atomic E-state index is 0.0268. The van der Waals surface area contributed by atoms with Gasteiger partial charge in [0.05, 0.1) is 12.0 Å². The van der Waals surface area contributed by atoms with E-state index in [1.807, 2.05) is 18.2 Å². The lowest BCUT2D eigenvalue weighted by atomic mass is 9.79. The van der Waals surface area contributed by atoms with Crippen molar-refractivity contribution in [2.24, 2.45) is 5.41 Å². The number of nitrogens with zero attached hydrogens (tertiary/aromatic N) is 2. The van der Waals surface area contributed by atoms with Crippen LogP contribution in [-0.4, -0.2) is 42.9 Å². The number of piperidine rings is 1. The molecule has 0 bridgehead atoms. The quantitative estimate of drug-likeness (QED) is 0.813. The Kier molecular flexibility index (Phi) is 5.70. The molecule has 7 heteroatoms. The molecule has 1 aromatic carbocycles. The molecule has 0 aliphatic carbocycles. The second kappa shape index (κ2) is 7.82. The molecule has 0 radical (unpaired) electrons. The average molecular weight is 375 g/mol. The zero-order valence-electron chi connectivity index (χ0n) is 15.5. The van der Waals surface area contributed by atoms with E-state index in [4.69, 9.17) is 4.74 Å². The van der Waals surface area contributed by atoms with E-state index < -0.39 is 5.41 Å². The number of nitrogens with one attached hydrogen (secondary N) is 2. The van der Waals surface area contributed by atoms with Gasteiger partial charge in [0.1, 0.15) is 5.01 Å². The van der Waals surface area contributed by atoms with Gasteiger partial charge in [0.2, 0.25) is 11.0 Å². The maximum Gasteiger partial charge on any atom is 0.234 e. The summed E-state index contributed by atoms with van der Waals surface area (Å²) >= 11 is 1.43. The fourth-order valence-corrected chi connectivity index (χ4v) is 4.22. The molecule has 1 saturated heterocycles. The third kappa shape index (κ3) is 3.79. The molecule has 6 nitrogen and oxygen atoms in total. The van der Waals surface area contributed by atoms with E-state index in [9.17, 15) is 4.79 Å². The summed E-state index contributed by atoms with van der Waals surface area (Å²) in [4.78, 5) is 12.9. The highest BCUT2D eigenvalue weighted by atomic mass is 32.1. The van der Waals surface area contributed by atoms with Crippen molar-refractivity contribution in [2.75, 3.05) is 32.1 Å². The molecule has 1 amide bonds. The van der Waals surface area contributed by atoms with Crippen LogP contribution in [0.4, 0.5) is 5.13 Å². The van der Waals surface area contributed by atoms with E-state index in [0.717, 1.165) is 30.9 Å². The summed E-state index contributed by atoms with van der Waals surface area (Å²) in [5.74, 6) is -0.0268. The van der Waals surface area contributed by atoms with Crippen molar-refractivity contribution in [2.45, 2.75) is 32.1 Å². The summed E-state index contributed by atoms with van der Waals surface area (Å²) in [5, 5.41) is 16.3. The van der Waals surface area contributed by atoms with Crippen molar-refractivity contribution < 1.29 is 9.53 Å². The number of amides is 1. The summed E-state index contributed by atoms with van der Waals surface area (Å²) in [6.45, 7) is 6.29. The Morgan fingerprint density at radius 3 is 2.62 bits per heavy atom. The van der Waals surface area contributed by atoms with E-state index in [1.54, 1.807) is 7.11 Å². The van der Waals surface area contributed by atoms with Gasteiger partial charge in [-0.1, -0.05) is 41.7 Å². The number of rotatable bonds is 6. The van der Waals surface area contributed by atoms with Gasteiger partial charge in [-0.3, -0.25) is 10.1 Å². The number of hydrogen-bond donors (Lipinski definition) is 2. The lowest BCUT2D eigenvalue weighted by Gasteiger charge is -2.35. The van der Waals surface area contributed by atoms with Crippen LogP contribution in [-0.2, 0) is 14.9 Å². The van der Waals surface area contributed by atoms with Gasteiger partial charge in [0.15, 0.2) is 0 Å². The fraction of sp³-hybridized carbons (Fsp3) is 0.526. The first kappa shape index (κ1) is 18.9. The Balaban J connectivity index is 1.76. The van der Waals surface area contributed by atoms with E-state index in [0.29, 0.717) is 11.7 Å². The van der Waals surface area contributed by atoms with Crippen LogP contribution in [0.2, 0.25) is 0 Å². The van der Waals surface area contributed by atoms with Crippen molar-refractivity contribution in [1.29, 1.82) is 0 Å². The van der Waals surface area contributed by atoms with Gasteiger partial charge in [-0.25, -0.2) is 0 Å². The lowest BCUT2D eigenvalue weighted by Crippen LogP contribution is -2.47. The van der Waals surface area contributed by atoms with Crippen LogP contribution in [0.1, 0.15) is 37.3 Å². The van der Waals surface area contributed by atoms with Gasteiger partial charge in [-0.05, 0) is 45.3 Å². The minimum atomic E-state index is -0.499. The largest absolute Gasteiger partial charge is 0.384 e. The number of carbonyl (C=O) groups excluding carboxylic acids is 1. The molecule has 1 aliphatic heterocycles. The van der Waals surface area contributed by atoms with Crippen molar-refractivity contribution in [3.05, 3.63) is 40.9 Å². The summed E-state index contributed by atoms with van der Waals surface area (Å²) in [6.07, 6.45) is 1.52. The number of benzene rings is 1. The smallest absolute Gasteiger partial charge is 0.234 e. The first-order valence-corrected chi connectivity index (χ1v) is 9.70. The summed E-state index contributed by atoms with van der Waals surface area (Å²) in [6, 6.07) is 10.2. The molecule has 0 saturated carbocycles. The molecule has 0 unspecified atom stereocenters. The Morgan fingerprint density at radius 2 is 1.96 bits per heavy atom. The van der Waals surface area contributed by atoms with Crippen LogP contribution in [0.25, 0.3) is 0 Å². The second-order valence-corrected chi connectivity index (χ2v) is 8.30. The molecule has 2 N–H and O–H groups in total. The highest BCUT2D eigenvalue weighted by molar-refractivity contribution is 7.15. The minimum Gasteiger partial charge on any atom is -0.384 e. The third-order valence-electron chi connectivity index (χ3n) is 5.14. The van der Waals surface area contributed by atoms with Gasteiger partial charge >= 0.3 is 0 Å². The van der Waals surface area contributed by atoms with Crippen LogP contribution in [0.15, 0.2) is 30.3 Å². The first-order valence-electron chi connectivity index (χ1n) is 8.88. The SMILES string of the molecule is COCC1(C(=O)Nc2nnc(C(C)(C)c3ccccc3)s2)CCNCC1. The molecule has 1 aromatic heterocycles. The van der Waals surface area contributed by atoms with E-state index >= 15 is 0 Å². The second-order valence-electron chi connectivity index (χ2n) is 7.32. The lowest BCUT2D eigenvalue weighted by molar-refractivity contribution is -0.130. The zero-order valence-corrected chi connectivity index (χ0v) is 16.4. The first-order chi connectivity index (χ1) is 12.5. The Morgan fingerprint density at radius 1 is 1.27 bits per heavy atom. The number of aromatic nitrogens is 2. The number of ether oxygens (including phenoxy) is 1. The molecule has 0 atom stereocenters. The number of carbonyl (C=O) groups is 1. The van der Waals surface area contributed by atoms with Crippen LogP contribution < -0.4 is 10.6 Å². The standard InChI is InChI=1S/C19H26N4O2S/c1-18(2,14-7-5-4-6-8-14)16-22-23-17(26-16)21-15(24)19(13-25-3)9-11-20-12-10-19/h4-8,20H,9-13H2,1-3H3,(H,21,23,24). The van der Waals surface area contributed by atoms with E-state index in [2.05, 4.69) is 46.8 Å². The van der Waals surface area contributed by atoms with Gasteiger partial charge in [0.25, 0.3) is 0 Å². The molecule has 1 fully saturated rings. The molecular formula is C19H26N4O2S. The average Bonchev–Trinajstić information content (AvgIpc) is 3.13. The number of hydrogen-bond acceptors (Lipinski definition) is 6. The van der Waals surface area contributed by atoms with E-state index in [-0.39, 0.29) is 11.3 Å². The van der Waals surface area contributed by atoms with Crippen molar-refractivity contribution in [3.8, 4) is 0 Å². The summed E-state index contributed by atoms with van der Waals surface area (Å²) < 4.78 is 5.34. The molecule has 2 aromatic rings. The summed E-state index contributed by atoms with van der Waals surface area (Å²) in [7, 11) is 1.64. The molecular weight excluding hydrogens is 348 g/mol. The fourth-order valence-electron chi connectivity index (χ4n) is 3.35. The van der Waals surface area contributed by atoms with E-state index in [1.165, 1.54) is 16.9 Å². The van der Waals surface area contributed by atoms with Gasteiger partial charge < -0.3 is 10.1 Å². The zero-order chi connectivity index (χ0) is 18.6.